The Morgan fingerprint density at radius 1 is 1.00 bits per heavy atom. The third kappa shape index (κ3) is 5.79. The summed E-state index contributed by atoms with van der Waals surface area (Å²) >= 11 is 0. The second-order valence-electron chi connectivity index (χ2n) is 9.22. The van der Waals surface area contributed by atoms with Gasteiger partial charge in [0.25, 0.3) is 5.91 Å². The van der Waals surface area contributed by atoms with Gasteiger partial charge in [0.15, 0.2) is 0 Å². The zero-order chi connectivity index (χ0) is 21.6. The van der Waals surface area contributed by atoms with Crippen LogP contribution < -0.4 is 15.0 Å². The normalized spacial score (nSPS) is 19.6. The van der Waals surface area contributed by atoms with Gasteiger partial charge in [0.1, 0.15) is 5.75 Å². The van der Waals surface area contributed by atoms with Crippen molar-refractivity contribution < 1.29 is 9.53 Å². The molecular weight excluding hydrogens is 386 g/mol. The van der Waals surface area contributed by atoms with Crippen LogP contribution >= 0.6 is 0 Å². The first-order chi connectivity index (χ1) is 15.1. The number of hydrogen-bond acceptors (Lipinski definition) is 4. The number of carbonyl (C=O) groups excluding carboxylic acids is 1. The van der Waals surface area contributed by atoms with Gasteiger partial charge in [0.2, 0.25) is 0 Å². The highest BCUT2D eigenvalue weighted by Crippen LogP contribution is 2.26. The number of rotatable bonds is 7. The van der Waals surface area contributed by atoms with Crippen LogP contribution in [0.2, 0.25) is 0 Å². The zero-order valence-electron chi connectivity index (χ0n) is 18.8. The summed E-state index contributed by atoms with van der Waals surface area (Å²) in [6.45, 7) is 9.64. The molecule has 0 radical (unpaired) electrons. The molecule has 4 rings (SSSR count). The minimum atomic E-state index is -0.102. The van der Waals surface area contributed by atoms with Gasteiger partial charge in [0.05, 0.1) is 6.61 Å². The molecule has 0 spiro atoms. The molecule has 2 fully saturated rings. The van der Waals surface area contributed by atoms with E-state index in [2.05, 4.69) is 41.1 Å². The Bertz CT molecular complexity index is 842. The number of piperidine rings is 1. The van der Waals surface area contributed by atoms with Crippen molar-refractivity contribution in [1.82, 2.24) is 4.90 Å². The molecule has 2 aliphatic heterocycles. The number of benzene rings is 2. The first-order valence-corrected chi connectivity index (χ1v) is 11.7. The number of likely N-dealkylation sites (tertiary alicyclic amines) is 1. The lowest BCUT2D eigenvalue weighted by Crippen LogP contribution is -2.40. The SMILES string of the molecule is CC(C)COc1ccc(C(=O)Nc2ccc(N3CCC(N4CCCCC4)C3)cc2)cc1. The number of anilines is 2. The van der Waals surface area contributed by atoms with E-state index in [1.54, 1.807) is 0 Å². The van der Waals surface area contributed by atoms with Crippen molar-refractivity contribution in [3.63, 3.8) is 0 Å². The topological polar surface area (TPSA) is 44.8 Å². The molecule has 0 bridgehead atoms. The lowest BCUT2D eigenvalue weighted by Gasteiger charge is -2.32. The van der Waals surface area contributed by atoms with Crippen LogP contribution in [0.15, 0.2) is 48.5 Å². The van der Waals surface area contributed by atoms with Gasteiger partial charge < -0.3 is 15.0 Å². The van der Waals surface area contributed by atoms with Crippen molar-refractivity contribution in [3.8, 4) is 5.75 Å². The number of nitrogens with one attached hydrogen (secondary N) is 1. The molecule has 2 aromatic carbocycles. The number of carbonyl (C=O) groups is 1. The first-order valence-electron chi connectivity index (χ1n) is 11.7. The highest BCUT2D eigenvalue weighted by atomic mass is 16.5. The van der Waals surface area contributed by atoms with Crippen molar-refractivity contribution >= 4 is 17.3 Å². The molecule has 2 heterocycles. The minimum Gasteiger partial charge on any atom is -0.493 e. The second kappa shape index (κ2) is 10.2. The summed E-state index contributed by atoms with van der Waals surface area (Å²) in [7, 11) is 0. The fourth-order valence-corrected chi connectivity index (χ4v) is 4.48. The number of hydrogen-bond donors (Lipinski definition) is 1. The molecule has 5 nitrogen and oxygen atoms in total. The van der Waals surface area contributed by atoms with E-state index in [1.165, 1.54) is 44.5 Å². The first kappa shape index (κ1) is 21.7. The van der Waals surface area contributed by atoms with Crippen LogP contribution in [0.25, 0.3) is 0 Å². The van der Waals surface area contributed by atoms with Crippen molar-refractivity contribution in [2.45, 2.75) is 45.6 Å². The maximum Gasteiger partial charge on any atom is 0.255 e. The Balaban J connectivity index is 1.29. The maximum atomic E-state index is 12.6. The van der Waals surface area contributed by atoms with Gasteiger partial charge in [-0.25, -0.2) is 0 Å². The molecule has 1 atom stereocenters. The van der Waals surface area contributed by atoms with Crippen molar-refractivity contribution in [1.29, 1.82) is 0 Å². The van der Waals surface area contributed by atoms with Gasteiger partial charge in [-0.15, -0.1) is 0 Å². The van der Waals surface area contributed by atoms with E-state index in [-0.39, 0.29) is 5.91 Å². The number of nitrogens with zero attached hydrogens (tertiary/aromatic N) is 2. The maximum absolute atomic E-state index is 12.6. The van der Waals surface area contributed by atoms with Crippen molar-refractivity contribution in [3.05, 3.63) is 54.1 Å². The summed E-state index contributed by atoms with van der Waals surface area (Å²) in [6.07, 6.45) is 5.32. The lowest BCUT2D eigenvalue weighted by atomic mass is 10.1. The van der Waals surface area contributed by atoms with E-state index in [9.17, 15) is 4.79 Å². The van der Waals surface area contributed by atoms with Crippen LogP contribution in [0.5, 0.6) is 5.75 Å². The second-order valence-corrected chi connectivity index (χ2v) is 9.22. The van der Waals surface area contributed by atoms with E-state index < -0.39 is 0 Å². The van der Waals surface area contributed by atoms with Crippen LogP contribution in [0.3, 0.4) is 0 Å². The summed E-state index contributed by atoms with van der Waals surface area (Å²) < 4.78 is 5.69. The summed E-state index contributed by atoms with van der Waals surface area (Å²) in [6, 6.07) is 16.3. The van der Waals surface area contributed by atoms with Gasteiger partial charge in [0, 0.05) is 36.1 Å². The van der Waals surface area contributed by atoms with E-state index in [0.29, 0.717) is 24.1 Å². The fraction of sp³-hybridized carbons (Fsp3) is 0.500. The monoisotopic (exact) mass is 421 g/mol. The Labute approximate surface area is 186 Å². The summed E-state index contributed by atoms with van der Waals surface area (Å²) in [5.41, 5.74) is 2.69. The molecule has 5 heteroatoms. The standard InChI is InChI=1S/C26H35N3O2/c1-20(2)19-31-25-12-6-21(7-13-25)26(30)27-22-8-10-23(11-9-22)29-17-14-24(18-29)28-15-4-3-5-16-28/h6-13,20,24H,3-5,14-19H2,1-2H3,(H,27,30). The van der Waals surface area contributed by atoms with E-state index >= 15 is 0 Å². The Morgan fingerprint density at radius 3 is 2.39 bits per heavy atom. The van der Waals surface area contributed by atoms with E-state index in [4.69, 9.17) is 4.74 Å². The van der Waals surface area contributed by atoms with Gasteiger partial charge >= 0.3 is 0 Å². The van der Waals surface area contributed by atoms with Gasteiger partial charge in [-0.1, -0.05) is 20.3 Å². The molecule has 0 saturated carbocycles. The van der Waals surface area contributed by atoms with Crippen molar-refractivity contribution in [2.24, 2.45) is 5.92 Å². The summed E-state index contributed by atoms with van der Waals surface area (Å²) in [5.74, 6) is 1.17. The number of amides is 1. The van der Waals surface area contributed by atoms with Gasteiger partial charge in [-0.2, -0.15) is 0 Å². The fourth-order valence-electron chi connectivity index (χ4n) is 4.48. The molecule has 1 amide bonds. The Hall–Kier alpha value is -2.53. The molecule has 31 heavy (non-hydrogen) atoms. The minimum absolute atomic E-state index is 0.102. The molecule has 2 aromatic rings. The molecule has 2 aliphatic rings. The molecule has 0 aliphatic carbocycles. The van der Waals surface area contributed by atoms with Crippen LogP contribution in [-0.2, 0) is 0 Å². The van der Waals surface area contributed by atoms with E-state index in [1.807, 2.05) is 36.4 Å². The van der Waals surface area contributed by atoms with E-state index in [0.717, 1.165) is 24.5 Å². The van der Waals surface area contributed by atoms with Crippen LogP contribution in [-0.4, -0.2) is 49.6 Å². The van der Waals surface area contributed by atoms with Crippen LogP contribution in [0.1, 0.15) is 49.9 Å². The molecule has 1 unspecified atom stereocenters. The Kier molecular flexibility index (Phi) is 7.13. The third-order valence-corrected chi connectivity index (χ3v) is 6.26. The highest BCUT2D eigenvalue weighted by Gasteiger charge is 2.28. The van der Waals surface area contributed by atoms with Gasteiger partial charge in [-0.3, -0.25) is 9.69 Å². The lowest BCUT2D eigenvalue weighted by molar-refractivity contribution is 0.102. The molecule has 166 valence electrons. The summed E-state index contributed by atoms with van der Waals surface area (Å²) in [4.78, 5) is 17.7. The van der Waals surface area contributed by atoms with Crippen LogP contribution in [0.4, 0.5) is 11.4 Å². The molecule has 1 N–H and O–H groups in total. The van der Waals surface area contributed by atoms with Crippen molar-refractivity contribution in [2.75, 3.05) is 43.0 Å². The number of ether oxygens (including phenoxy) is 1. The third-order valence-electron chi connectivity index (χ3n) is 6.26. The molecular formula is C26H35N3O2. The quantitative estimate of drug-likeness (QED) is 0.680. The highest BCUT2D eigenvalue weighted by molar-refractivity contribution is 6.04. The Morgan fingerprint density at radius 2 is 1.71 bits per heavy atom. The average molecular weight is 422 g/mol. The smallest absolute Gasteiger partial charge is 0.255 e. The molecule has 0 aromatic heterocycles. The molecule has 2 saturated heterocycles. The van der Waals surface area contributed by atoms with Crippen LogP contribution in [0, 0.1) is 5.92 Å². The van der Waals surface area contributed by atoms with Gasteiger partial charge in [-0.05, 0) is 86.8 Å². The average Bonchev–Trinajstić information content (AvgIpc) is 3.29. The predicted molar refractivity (Wildman–Crippen MR) is 127 cm³/mol. The summed E-state index contributed by atoms with van der Waals surface area (Å²) in [5, 5.41) is 3.00. The zero-order valence-corrected chi connectivity index (χ0v) is 18.8. The largest absolute Gasteiger partial charge is 0.493 e. The predicted octanol–water partition coefficient (Wildman–Crippen LogP) is 5.04.